The molecule has 0 spiro atoms. The van der Waals surface area contributed by atoms with Gasteiger partial charge in [-0.1, -0.05) is 341 Å². The highest BCUT2D eigenvalue weighted by atomic mass is 16.5. The fourth-order valence-corrected chi connectivity index (χ4v) is 11.1. The number of aliphatic hydroxyl groups is 2. The van der Waals surface area contributed by atoms with Gasteiger partial charge in [0.1, 0.15) is 0 Å². The van der Waals surface area contributed by atoms with Gasteiger partial charge in [0.05, 0.1) is 25.4 Å². The zero-order valence-corrected chi connectivity index (χ0v) is 51.1. The van der Waals surface area contributed by atoms with Crippen LogP contribution >= 0.6 is 0 Å². The van der Waals surface area contributed by atoms with E-state index < -0.39 is 12.1 Å². The average Bonchev–Trinajstić information content (AvgIpc) is 3.41. The summed E-state index contributed by atoms with van der Waals surface area (Å²) >= 11 is 0. The summed E-state index contributed by atoms with van der Waals surface area (Å²) in [5.74, 6) is -0.0233. The van der Waals surface area contributed by atoms with Gasteiger partial charge in [-0.05, 0) is 51.4 Å². The van der Waals surface area contributed by atoms with E-state index in [0.717, 1.165) is 38.5 Å². The molecule has 0 aromatic heterocycles. The van der Waals surface area contributed by atoms with Gasteiger partial charge in [-0.2, -0.15) is 0 Å². The molecule has 0 aliphatic heterocycles. The lowest BCUT2D eigenvalue weighted by Gasteiger charge is -2.22. The number of ether oxygens (including phenoxy) is 1. The third-order valence-corrected chi connectivity index (χ3v) is 16.3. The summed E-state index contributed by atoms with van der Waals surface area (Å²) in [5.41, 5.74) is 0. The molecule has 0 aromatic rings. The van der Waals surface area contributed by atoms with E-state index >= 15 is 0 Å². The van der Waals surface area contributed by atoms with Crippen molar-refractivity contribution in [1.29, 1.82) is 0 Å². The van der Waals surface area contributed by atoms with Crippen molar-refractivity contribution >= 4 is 11.9 Å². The molecule has 2 atom stereocenters. The van der Waals surface area contributed by atoms with Crippen molar-refractivity contribution in [2.45, 2.75) is 405 Å². The summed E-state index contributed by atoms with van der Waals surface area (Å²) in [6, 6.07) is -0.547. The van der Waals surface area contributed by atoms with Gasteiger partial charge < -0.3 is 20.3 Å². The Kier molecular flexibility index (Phi) is 63.9. The van der Waals surface area contributed by atoms with Crippen LogP contribution < -0.4 is 5.32 Å². The second-order valence-electron chi connectivity index (χ2n) is 23.9. The van der Waals surface area contributed by atoms with Gasteiger partial charge in [-0.15, -0.1) is 0 Å². The molecule has 0 radical (unpaired) electrons. The molecular formula is C69H135NO5. The number of hydrogen-bond acceptors (Lipinski definition) is 5. The van der Waals surface area contributed by atoms with Gasteiger partial charge in [0, 0.05) is 12.8 Å². The number of nitrogens with one attached hydrogen (secondary N) is 1. The summed E-state index contributed by atoms with van der Waals surface area (Å²) < 4.78 is 5.49. The molecule has 1 amide bonds. The zero-order valence-electron chi connectivity index (χ0n) is 51.1. The number of rotatable bonds is 65. The smallest absolute Gasteiger partial charge is 0.305 e. The summed E-state index contributed by atoms with van der Waals surface area (Å²) in [6.45, 7) is 4.99. The SMILES string of the molecule is CCCCCCCCCCCCCCCCCCCCCCCC(O)C(CO)NC(=O)CCCCCCCCC/C=C\CCCCCCCCCCCCCOC(=O)CCCCCCCCCCCCCCCCC. The summed E-state index contributed by atoms with van der Waals surface area (Å²) in [5, 5.41) is 23.4. The number of allylic oxidation sites excluding steroid dienone is 2. The maximum Gasteiger partial charge on any atom is 0.305 e. The second kappa shape index (κ2) is 65.1. The van der Waals surface area contributed by atoms with Gasteiger partial charge in [-0.25, -0.2) is 0 Å². The first kappa shape index (κ1) is 73.6. The van der Waals surface area contributed by atoms with E-state index in [4.69, 9.17) is 4.74 Å². The number of carbonyl (C=O) groups excluding carboxylic acids is 2. The Hall–Kier alpha value is -1.40. The molecule has 0 aliphatic rings. The van der Waals surface area contributed by atoms with Crippen LogP contribution in [0.15, 0.2) is 12.2 Å². The fourth-order valence-electron chi connectivity index (χ4n) is 11.1. The molecular weight excluding hydrogens is 923 g/mol. The van der Waals surface area contributed by atoms with Gasteiger partial charge >= 0.3 is 5.97 Å². The Morgan fingerprint density at radius 2 is 0.627 bits per heavy atom. The lowest BCUT2D eigenvalue weighted by Crippen LogP contribution is -2.45. The van der Waals surface area contributed by atoms with Crippen LogP contribution in [-0.2, 0) is 14.3 Å². The van der Waals surface area contributed by atoms with Crippen molar-refractivity contribution in [3.8, 4) is 0 Å². The lowest BCUT2D eigenvalue weighted by atomic mass is 10.0. The maximum atomic E-state index is 12.5. The van der Waals surface area contributed by atoms with E-state index in [0.29, 0.717) is 25.9 Å². The standard InChI is InChI=1S/C69H135NO5/c1-3-5-7-9-11-13-15-17-19-20-21-24-27-30-34-37-41-45-49-53-57-61-67(72)66(65-71)70-68(73)62-58-54-50-46-42-38-35-31-28-25-22-23-26-29-32-36-40-44-48-52-56-60-64-75-69(74)63-59-55-51-47-43-39-33-18-16-14-12-10-8-6-4-2/h25,28,66-67,71-72H,3-24,26-27,29-65H2,1-2H3,(H,70,73)/b28-25-. The predicted octanol–water partition coefficient (Wildman–Crippen LogP) is 22.0. The summed E-state index contributed by atoms with van der Waals surface area (Å²) in [7, 11) is 0. The van der Waals surface area contributed by atoms with Crippen LogP contribution in [-0.4, -0.2) is 47.4 Å². The second-order valence-corrected chi connectivity index (χ2v) is 23.9. The third kappa shape index (κ3) is 61.7. The number of hydrogen-bond donors (Lipinski definition) is 3. The first-order valence-electron chi connectivity index (χ1n) is 34.4. The fraction of sp³-hybridized carbons (Fsp3) is 0.942. The molecule has 6 heteroatoms. The average molecular weight is 1060 g/mol. The molecule has 0 saturated carbocycles. The van der Waals surface area contributed by atoms with Crippen molar-refractivity contribution < 1.29 is 24.5 Å². The molecule has 0 aliphatic carbocycles. The molecule has 446 valence electrons. The quantitative estimate of drug-likeness (QED) is 0.0320. The summed E-state index contributed by atoms with van der Waals surface area (Å²) in [6.07, 6.45) is 79.6. The largest absolute Gasteiger partial charge is 0.466 e. The van der Waals surface area contributed by atoms with Crippen molar-refractivity contribution in [3.63, 3.8) is 0 Å². The van der Waals surface area contributed by atoms with E-state index in [1.54, 1.807) is 0 Å². The Morgan fingerprint density at radius 3 is 0.947 bits per heavy atom. The third-order valence-electron chi connectivity index (χ3n) is 16.3. The molecule has 0 heterocycles. The van der Waals surface area contributed by atoms with Gasteiger partial charge in [0.25, 0.3) is 0 Å². The maximum absolute atomic E-state index is 12.5. The minimum Gasteiger partial charge on any atom is -0.466 e. The molecule has 2 unspecified atom stereocenters. The van der Waals surface area contributed by atoms with Crippen LogP contribution in [0.5, 0.6) is 0 Å². The zero-order chi connectivity index (χ0) is 54.3. The van der Waals surface area contributed by atoms with E-state index in [9.17, 15) is 19.8 Å². The van der Waals surface area contributed by atoms with Crippen molar-refractivity contribution in [2.75, 3.05) is 13.2 Å². The van der Waals surface area contributed by atoms with Crippen LogP contribution in [0.25, 0.3) is 0 Å². The van der Waals surface area contributed by atoms with Crippen molar-refractivity contribution in [1.82, 2.24) is 5.32 Å². The molecule has 0 aromatic carbocycles. The van der Waals surface area contributed by atoms with Gasteiger partial charge in [0.2, 0.25) is 5.91 Å². The number of esters is 1. The predicted molar refractivity (Wildman–Crippen MR) is 329 cm³/mol. The highest BCUT2D eigenvalue weighted by Gasteiger charge is 2.20. The lowest BCUT2D eigenvalue weighted by molar-refractivity contribution is -0.143. The Labute approximate surface area is 469 Å². The molecule has 0 bridgehead atoms. The molecule has 0 saturated heterocycles. The molecule has 6 nitrogen and oxygen atoms in total. The minimum absolute atomic E-state index is 0.0140. The minimum atomic E-state index is -0.669. The van der Waals surface area contributed by atoms with Gasteiger partial charge in [0.15, 0.2) is 0 Å². The van der Waals surface area contributed by atoms with Crippen molar-refractivity contribution in [2.24, 2.45) is 0 Å². The number of amides is 1. The molecule has 0 rings (SSSR count). The van der Waals surface area contributed by atoms with Crippen LogP contribution in [0, 0.1) is 0 Å². The van der Waals surface area contributed by atoms with Crippen molar-refractivity contribution in [3.05, 3.63) is 12.2 Å². The first-order chi connectivity index (χ1) is 37.0. The summed E-state index contributed by atoms with van der Waals surface area (Å²) in [4.78, 5) is 24.6. The van der Waals surface area contributed by atoms with E-state index in [1.165, 1.54) is 321 Å². The van der Waals surface area contributed by atoms with Crippen LogP contribution in [0.3, 0.4) is 0 Å². The molecule has 3 N–H and O–H groups in total. The number of aliphatic hydroxyl groups excluding tert-OH is 2. The van der Waals surface area contributed by atoms with Crippen LogP contribution in [0.2, 0.25) is 0 Å². The molecule has 0 fully saturated rings. The van der Waals surface area contributed by atoms with Crippen LogP contribution in [0.4, 0.5) is 0 Å². The monoisotopic (exact) mass is 1060 g/mol. The highest BCUT2D eigenvalue weighted by Crippen LogP contribution is 2.19. The first-order valence-corrected chi connectivity index (χ1v) is 34.4. The topological polar surface area (TPSA) is 95.9 Å². The Balaban J connectivity index is 3.40. The van der Waals surface area contributed by atoms with E-state index in [2.05, 4.69) is 31.3 Å². The highest BCUT2D eigenvalue weighted by molar-refractivity contribution is 5.76. The van der Waals surface area contributed by atoms with E-state index in [-0.39, 0.29) is 18.5 Å². The Bertz CT molecular complexity index is 1130. The normalized spacial score (nSPS) is 12.5. The van der Waals surface area contributed by atoms with E-state index in [1.807, 2.05) is 0 Å². The molecule has 75 heavy (non-hydrogen) atoms. The Morgan fingerprint density at radius 1 is 0.360 bits per heavy atom. The number of unbranched alkanes of at least 4 members (excludes halogenated alkanes) is 52. The van der Waals surface area contributed by atoms with Gasteiger partial charge in [-0.3, -0.25) is 9.59 Å². The van der Waals surface area contributed by atoms with Crippen LogP contribution in [0.1, 0.15) is 393 Å². The number of carbonyl (C=O) groups is 2.